The lowest BCUT2D eigenvalue weighted by atomic mass is 9.51. The zero-order valence-corrected chi connectivity index (χ0v) is 11.9. The predicted molar refractivity (Wildman–Crippen MR) is 70.0 cm³/mol. The first-order chi connectivity index (χ1) is 9.41. The molecule has 2 aliphatic heterocycles. The van der Waals surface area contributed by atoms with E-state index in [1.54, 1.807) is 0 Å². The van der Waals surface area contributed by atoms with Gasteiger partial charge in [-0.2, -0.15) is 0 Å². The molecular weight excluding hydrogens is 260 g/mol. The molecule has 0 aromatic rings. The van der Waals surface area contributed by atoms with Gasteiger partial charge >= 0.3 is 0 Å². The normalized spacial score (nSPS) is 60.4. The summed E-state index contributed by atoms with van der Waals surface area (Å²) in [4.78, 5) is 0. The molecule has 2 saturated heterocycles. The average Bonchev–Trinajstić information content (AvgIpc) is 3.18. The molecule has 0 radical (unpaired) electrons. The van der Waals surface area contributed by atoms with Crippen molar-refractivity contribution in [1.29, 1.82) is 0 Å². The van der Waals surface area contributed by atoms with Gasteiger partial charge in [0.1, 0.15) is 5.60 Å². The van der Waals surface area contributed by atoms with Crippen LogP contribution in [0.1, 0.15) is 26.7 Å². The Morgan fingerprint density at radius 2 is 2.10 bits per heavy atom. The van der Waals surface area contributed by atoms with Gasteiger partial charge in [-0.25, -0.2) is 0 Å². The van der Waals surface area contributed by atoms with Gasteiger partial charge in [-0.15, -0.1) is 0 Å². The van der Waals surface area contributed by atoms with Gasteiger partial charge < -0.3 is 24.8 Å². The van der Waals surface area contributed by atoms with Crippen LogP contribution in [0.5, 0.6) is 0 Å². The molecule has 2 bridgehead atoms. The largest absolute Gasteiger partial charge is 0.396 e. The molecule has 5 nitrogen and oxygen atoms in total. The van der Waals surface area contributed by atoms with E-state index >= 15 is 0 Å². The van der Waals surface area contributed by atoms with Gasteiger partial charge in [-0.3, -0.25) is 0 Å². The Labute approximate surface area is 118 Å². The summed E-state index contributed by atoms with van der Waals surface area (Å²) in [5, 5.41) is 31.1. The molecule has 1 saturated carbocycles. The van der Waals surface area contributed by atoms with Crippen molar-refractivity contribution in [3.8, 4) is 0 Å². The average molecular weight is 282 g/mol. The molecule has 2 unspecified atom stereocenters. The van der Waals surface area contributed by atoms with Gasteiger partial charge in [0.25, 0.3) is 0 Å². The van der Waals surface area contributed by atoms with Crippen molar-refractivity contribution in [2.75, 3.05) is 13.2 Å². The SMILES string of the molecule is CC1=C[C@H]2OC3C[C@@H](O)[C@@](C)(C34CO4)[C@@]2(CO)C[C@H]1O. The van der Waals surface area contributed by atoms with E-state index in [0.717, 1.165) is 5.57 Å². The van der Waals surface area contributed by atoms with Crippen LogP contribution in [0.25, 0.3) is 0 Å². The van der Waals surface area contributed by atoms with E-state index in [-0.39, 0.29) is 18.8 Å². The van der Waals surface area contributed by atoms with E-state index in [1.165, 1.54) is 0 Å². The maximum Gasteiger partial charge on any atom is 0.126 e. The Hall–Kier alpha value is -0.460. The topological polar surface area (TPSA) is 82.5 Å². The molecule has 0 aromatic heterocycles. The number of rotatable bonds is 1. The lowest BCUT2D eigenvalue weighted by molar-refractivity contribution is -0.232. The molecule has 1 spiro atoms. The number of fused-ring (bicyclic) bond motifs is 2. The summed E-state index contributed by atoms with van der Waals surface area (Å²) in [6.45, 7) is 4.33. The number of aliphatic hydroxyl groups excluding tert-OH is 3. The molecule has 20 heavy (non-hydrogen) atoms. The first kappa shape index (κ1) is 13.2. The predicted octanol–water partition coefficient (Wildman–Crippen LogP) is -0.0167. The highest BCUT2D eigenvalue weighted by molar-refractivity contribution is 5.33. The first-order valence-corrected chi connectivity index (χ1v) is 7.36. The Morgan fingerprint density at radius 1 is 1.40 bits per heavy atom. The summed E-state index contributed by atoms with van der Waals surface area (Å²) in [6, 6.07) is 0. The summed E-state index contributed by atoms with van der Waals surface area (Å²) in [6.07, 6.45) is 1.30. The Morgan fingerprint density at radius 3 is 2.70 bits per heavy atom. The van der Waals surface area contributed by atoms with Crippen molar-refractivity contribution in [3.63, 3.8) is 0 Å². The third-order valence-electron chi connectivity index (χ3n) is 6.63. The summed E-state index contributed by atoms with van der Waals surface area (Å²) in [7, 11) is 0. The van der Waals surface area contributed by atoms with Gasteiger partial charge in [-0.05, 0) is 18.9 Å². The highest BCUT2D eigenvalue weighted by Crippen LogP contribution is 2.71. The smallest absolute Gasteiger partial charge is 0.126 e. The zero-order chi connectivity index (χ0) is 14.3. The summed E-state index contributed by atoms with van der Waals surface area (Å²) in [5.41, 5.74) is -0.871. The van der Waals surface area contributed by atoms with Crippen LogP contribution < -0.4 is 0 Å². The molecular formula is C15H22O5. The minimum Gasteiger partial charge on any atom is -0.396 e. The van der Waals surface area contributed by atoms with Gasteiger partial charge in [0.15, 0.2) is 0 Å². The lowest BCUT2D eigenvalue weighted by Gasteiger charge is -2.58. The van der Waals surface area contributed by atoms with Crippen molar-refractivity contribution >= 4 is 0 Å². The van der Waals surface area contributed by atoms with Gasteiger partial charge in [0.05, 0.1) is 37.6 Å². The Bertz CT molecular complexity index is 485. The molecule has 3 fully saturated rings. The van der Waals surface area contributed by atoms with Crippen molar-refractivity contribution in [1.82, 2.24) is 0 Å². The number of epoxide rings is 1. The molecule has 7 atom stereocenters. The van der Waals surface area contributed by atoms with Crippen molar-refractivity contribution in [2.45, 2.75) is 56.7 Å². The van der Waals surface area contributed by atoms with Crippen molar-refractivity contribution in [3.05, 3.63) is 11.6 Å². The monoisotopic (exact) mass is 282 g/mol. The van der Waals surface area contributed by atoms with E-state index in [1.807, 2.05) is 19.9 Å². The molecule has 0 amide bonds. The highest BCUT2D eigenvalue weighted by Gasteiger charge is 2.81. The van der Waals surface area contributed by atoms with Gasteiger partial charge in [-0.1, -0.05) is 13.0 Å². The first-order valence-electron chi connectivity index (χ1n) is 7.36. The lowest BCUT2D eigenvalue weighted by Crippen LogP contribution is -2.67. The minimum atomic E-state index is -0.686. The molecule has 5 heteroatoms. The van der Waals surface area contributed by atoms with Gasteiger partial charge in [0.2, 0.25) is 0 Å². The van der Waals surface area contributed by atoms with Crippen LogP contribution in [0.4, 0.5) is 0 Å². The fourth-order valence-corrected chi connectivity index (χ4v) is 5.03. The Kier molecular flexibility index (Phi) is 2.41. The fraction of sp³-hybridized carbons (Fsp3) is 0.867. The summed E-state index contributed by atoms with van der Waals surface area (Å²) in [5.74, 6) is 0. The van der Waals surface area contributed by atoms with Gasteiger partial charge in [0, 0.05) is 17.3 Å². The molecule has 2 aliphatic carbocycles. The zero-order valence-electron chi connectivity index (χ0n) is 11.9. The second kappa shape index (κ2) is 3.65. The quantitative estimate of drug-likeness (QED) is 0.465. The molecule has 4 aliphatic rings. The van der Waals surface area contributed by atoms with E-state index in [2.05, 4.69) is 0 Å². The van der Waals surface area contributed by atoms with Crippen LogP contribution in [-0.2, 0) is 9.47 Å². The summed E-state index contributed by atoms with van der Waals surface area (Å²) >= 11 is 0. The second-order valence-corrected chi connectivity index (χ2v) is 7.12. The molecule has 3 N–H and O–H groups in total. The van der Waals surface area contributed by atoms with E-state index < -0.39 is 28.6 Å². The molecule has 0 aromatic carbocycles. The minimum absolute atomic E-state index is 0.119. The van der Waals surface area contributed by atoms with Crippen LogP contribution in [0.3, 0.4) is 0 Å². The van der Waals surface area contributed by atoms with E-state index in [9.17, 15) is 15.3 Å². The second-order valence-electron chi connectivity index (χ2n) is 7.12. The number of aliphatic hydroxyl groups is 3. The van der Waals surface area contributed by atoms with Crippen LogP contribution in [0, 0.1) is 10.8 Å². The highest BCUT2D eigenvalue weighted by atomic mass is 16.6. The molecule has 4 rings (SSSR count). The van der Waals surface area contributed by atoms with Crippen LogP contribution in [0.2, 0.25) is 0 Å². The van der Waals surface area contributed by atoms with Crippen LogP contribution in [-0.4, -0.2) is 58.6 Å². The number of ether oxygens (including phenoxy) is 2. The van der Waals surface area contributed by atoms with E-state index in [4.69, 9.17) is 9.47 Å². The third kappa shape index (κ3) is 1.15. The maximum absolute atomic E-state index is 10.6. The van der Waals surface area contributed by atoms with Crippen molar-refractivity contribution in [2.24, 2.45) is 10.8 Å². The summed E-state index contributed by atoms with van der Waals surface area (Å²) < 4.78 is 11.9. The molecule has 112 valence electrons. The maximum atomic E-state index is 10.6. The Balaban J connectivity index is 1.90. The van der Waals surface area contributed by atoms with Crippen LogP contribution in [0.15, 0.2) is 11.6 Å². The fourth-order valence-electron chi connectivity index (χ4n) is 5.03. The number of hydrogen-bond acceptors (Lipinski definition) is 5. The number of hydrogen-bond donors (Lipinski definition) is 3. The molecule has 2 heterocycles. The standard InChI is InChI=1S/C15H22O5/c1-8-3-11-14(6-16,5-9(8)17)13(2)10(18)4-12(20-11)15(13)7-19-15/h3,9-12,16-18H,4-7H2,1-2H3/t9-,10-,11-,12?,13-,14-,15?/m1/s1. The van der Waals surface area contributed by atoms with Crippen LogP contribution >= 0.6 is 0 Å². The van der Waals surface area contributed by atoms with E-state index in [0.29, 0.717) is 19.4 Å². The van der Waals surface area contributed by atoms with Crippen molar-refractivity contribution < 1.29 is 24.8 Å². The third-order valence-corrected chi connectivity index (χ3v) is 6.63.